The van der Waals surface area contributed by atoms with Gasteiger partial charge < -0.3 is 14.9 Å². The van der Waals surface area contributed by atoms with E-state index in [1.807, 2.05) is 6.07 Å². The average Bonchev–Trinajstić information content (AvgIpc) is 2.53. The first-order valence-corrected chi connectivity index (χ1v) is 7.96. The molecule has 2 heterocycles. The van der Waals surface area contributed by atoms with Crippen molar-refractivity contribution in [1.29, 1.82) is 0 Å². The largest absolute Gasteiger partial charge is 0.478 e. The molecule has 0 saturated carbocycles. The first-order valence-electron chi connectivity index (χ1n) is 7.96. The summed E-state index contributed by atoms with van der Waals surface area (Å²) < 4.78 is 5.91. The summed E-state index contributed by atoms with van der Waals surface area (Å²) in [5.41, 5.74) is 0.996. The third-order valence-corrected chi connectivity index (χ3v) is 4.90. The van der Waals surface area contributed by atoms with Crippen molar-refractivity contribution in [3.8, 4) is 0 Å². The molecule has 1 unspecified atom stereocenters. The summed E-state index contributed by atoms with van der Waals surface area (Å²) >= 11 is 0. The summed E-state index contributed by atoms with van der Waals surface area (Å²) in [7, 11) is 0. The fourth-order valence-corrected chi connectivity index (χ4v) is 3.54. The maximum absolute atomic E-state index is 11.0. The lowest BCUT2D eigenvalue weighted by Crippen LogP contribution is -2.55. The second-order valence-corrected chi connectivity index (χ2v) is 6.35. The molecule has 2 fully saturated rings. The molecule has 0 aromatic heterocycles. The predicted molar refractivity (Wildman–Crippen MR) is 81.8 cm³/mol. The van der Waals surface area contributed by atoms with Crippen LogP contribution in [0.2, 0.25) is 0 Å². The third kappa shape index (κ3) is 3.16. The molecule has 2 N–H and O–H groups in total. The highest BCUT2D eigenvalue weighted by atomic mass is 16.5. The first-order chi connectivity index (χ1) is 10.6. The number of aliphatic hydroxyl groups excluding tert-OH is 1. The summed E-state index contributed by atoms with van der Waals surface area (Å²) in [5.74, 6) is -0.891. The van der Waals surface area contributed by atoms with Crippen LogP contribution in [0.3, 0.4) is 0 Å². The Bertz CT molecular complexity index is 537. The van der Waals surface area contributed by atoms with Crippen molar-refractivity contribution in [2.45, 2.75) is 43.9 Å². The van der Waals surface area contributed by atoms with Crippen LogP contribution in [0.5, 0.6) is 0 Å². The van der Waals surface area contributed by atoms with E-state index in [1.165, 1.54) is 0 Å². The average molecular weight is 305 g/mol. The molecule has 120 valence electrons. The first kappa shape index (κ1) is 15.5. The van der Waals surface area contributed by atoms with Gasteiger partial charge in [-0.1, -0.05) is 12.1 Å². The van der Waals surface area contributed by atoms with Gasteiger partial charge in [0.1, 0.15) is 0 Å². The molecule has 3 rings (SSSR count). The van der Waals surface area contributed by atoms with Crippen LogP contribution >= 0.6 is 0 Å². The zero-order valence-electron chi connectivity index (χ0n) is 12.7. The van der Waals surface area contributed by atoms with Crippen molar-refractivity contribution >= 4 is 5.97 Å². The molecule has 5 heteroatoms. The quantitative estimate of drug-likeness (QED) is 0.892. The molecule has 0 bridgehead atoms. The molecule has 1 atom stereocenters. The number of likely N-dealkylation sites (tertiary alicyclic amines) is 1. The minimum absolute atomic E-state index is 0.331. The normalized spacial score (nSPS) is 25.2. The Morgan fingerprint density at radius 2 is 2.14 bits per heavy atom. The number of ether oxygens (including phenoxy) is 1. The summed E-state index contributed by atoms with van der Waals surface area (Å²) in [4.78, 5) is 13.3. The molecule has 0 radical (unpaired) electrons. The highest BCUT2D eigenvalue weighted by molar-refractivity contribution is 5.87. The summed E-state index contributed by atoms with van der Waals surface area (Å²) in [6.07, 6.45) is 3.10. The molecule has 1 spiro atoms. The number of carboxylic acid groups (broad SMARTS) is 1. The minimum Gasteiger partial charge on any atom is -0.478 e. The second kappa shape index (κ2) is 6.36. The number of aliphatic hydroxyl groups is 1. The van der Waals surface area contributed by atoms with E-state index in [2.05, 4.69) is 4.90 Å². The predicted octanol–water partition coefficient (Wildman–Crippen LogP) is 1.89. The van der Waals surface area contributed by atoms with E-state index in [4.69, 9.17) is 9.84 Å². The lowest BCUT2D eigenvalue weighted by atomic mass is 9.82. The molecule has 22 heavy (non-hydrogen) atoms. The van der Waals surface area contributed by atoms with Gasteiger partial charge in [-0.3, -0.25) is 4.90 Å². The van der Waals surface area contributed by atoms with Gasteiger partial charge in [0.2, 0.25) is 0 Å². The maximum atomic E-state index is 11.0. The van der Waals surface area contributed by atoms with Gasteiger partial charge in [-0.2, -0.15) is 0 Å². The van der Waals surface area contributed by atoms with Gasteiger partial charge in [-0.25, -0.2) is 4.79 Å². The number of rotatable bonds is 3. The number of benzene rings is 1. The van der Waals surface area contributed by atoms with Crippen LogP contribution in [0.25, 0.3) is 0 Å². The number of hydrogen-bond acceptors (Lipinski definition) is 4. The SMILES string of the molecule is O=C(O)c1cccc(CN2CCC3(CC2)OCCCC3O)c1. The number of nitrogens with zero attached hydrogens (tertiary/aromatic N) is 1. The summed E-state index contributed by atoms with van der Waals surface area (Å²) in [6.45, 7) is 3.23. The van der Waals surface area contributed by atoms with E-state index in [9.17, 15) is 9.90 Å². The Morgan fingerprint density at radius 3 is 2.82 bits per heavy atom. The van der Waals surface area contributed by atoms with Gasteiger partial charge in [0.15, 0.2) is 0 Å². The molecule has 1 aromatic rings. The van der Waals surface area contributed by atoms with Crippen LogP contribution in [-0.4, -0.2) is 52.5 Å². The zero-order valence-corrected chi connectivity index (χ0v) is 12.7. The zero-order chi connectivity index (χ0) is 15.6. The van der Waals surface area contributed by atoms with E-state index >= 15 is 0 Å². The minimum atomic E-state index is -0.891. The Balaban J connectivity index is 1.60. The highest BCUT2D eigenvalue weighted by Crippen LogP contribution is 2.35. The number of hydrogen-bond donors (Lipinski definition) is 2. The van der Waals surface area contributed by atoms with Crippen molar-refractivity contribution in [2.75, 3.05) is 19.7 Å². The lowest BCUT2D eigenvalue weighted by molar-refractivity contribution is -0.177. The molecule has 5 nitrogen and oxygen atoms in total. The summed E-state index contributed by atoms with van der Waals surface area (Å²) in [5, 5.41) is 19.3. The van der Waals surface area contributed by atoms with Crippen molar-refractivity contribution in [1.82, 2.24) is 4.90 Å². The number of carbonyl (C=O) groups is 1. The van der Waals surface area contributed by atoms with Crippen LogP contribution < -0.4 is 0 Å². The van der Waals surface area contributed by atoms with Crippen molar-refractivity contribution in [2.24, 2.45) is 0 Å². The monoisotopic (exact) mass is 305 g/mol. The van der Waals surface area contributed by atoms with Gasteiger partial charge >= 0.3 is 5.97 Å². The van der Waals surface area contributed by atoms with E-state index < -0.39 is 5.97 Å². The second-order valence-electron chi connectivity index (χ2n) is 6.35. The number of aromatic carboxylic acids is 1. The van der Waals surface area contributed by atoms with Gasteiger partial charge in [-0.05, 0) is 43.4 Å². The molecule has 0 amide bonds. The van der Waals surface area contributed by atoms with Crippen LogP contribution in [0, 0.1) is 0 Å². The van der Waals surface area contributed by atoms with Crippen LogP contribution in [0.15, 0.2) is 24.3 Å². The van der Waals surface area contributed by atoms with E-state index in [-0.39, 0.29) is 11.7 Å². The fraction of sp³-hybridized carbons (Fsp3) is 0.588. The van der Waals surface area contributed by atoms with Gasteiger partial charge in [0.05, 0.1) is 17.3 Å². The molecule has 2 aliphatic heterocycles. The van der Waals surface area contributed by atoms with Gasteiger partial charge in [0, 0.05) is 26.2 Å². The van der Waals surface area contributed by atoms with Crippen LogP contribution in [0.4, 0.5) is 0 Å². The molecule has 1 aromatic carbocycles. The maximum Gasteiger partial charge on any atom is 0.335 e. The van der Waals surface area contributed by atoms with Crippen molar-refractivity contribution in [3.05, 3.63) is 35.4 Å². The van der Waals surface area contributed by atoms with Crippen LogP contribution in [-0.2, 0) is 11.3 Å². The Kier molecular flexibility index (Phi) is 4.47. The standard InChI is InChI=1S/C17H23NO4/c19-15-5-2-10-22-17(15)6-8-18(9-7-17)12-13-3-1-4-14(11-13)16(20)21/h1,3-4,11,15,19H,2,5-10,12H2,(H,20,21). The third-order valence-electron chi connectivity index (χ3n) is 4.90. The Hall–Kier alpha value is -1.43. The van der Waals surface area contributed by atoms with Gasteiger partial charge in [0.25, 0.3) is 0 Å². The van der Waals surface area contributed by atoms with E-state index in [1.54, 1.807) is 18.2 Å². The molecular weight excluding hydrogens is 282 g/mol. The lowest BCUT2D eigenvalue weighted by Gasteiger charge is -2.46. The van der Waals surface area contributed by atoms with Crippen molar-refractivity contribution in [3.63, 3.8) is 0 Å². The highest BCUT2D eigenvalue weighted by Gasteiger charge is 2.43. The molecule has 2 aliphatic rings. The number of carboxylic acids is 1. The Morgan fingerprint density at radius 1 is 1.36 bits per heavy atom. The molecular formula is C17H23NO4. The Labute approximate surface area is 130 Å². The van der Waals surface area contributed by atoms with E-state index in [0.29, 0.717) is 5.56 Å². The van der Waals surface area contributed by atoms with E-state index in [0.717, 1.165) is 57.5 Å². The van der Waals surface area contributed by atoms with Gasteiger partial charge in [-0.15, -0.1) is 0 Å². The summed E-state index contributed by atoms with van der Waals surface area (Å²) in [6, 6.07) is 7.10. The van der Waals surface area contributed by atoms with Crippen molar-refractivity contribution < 1.29 is 19.7 Å². The smallest absolute Gasteiger partial charge is 0.335 e. The fourth-order valence-electron chi connectivity index (χ4n) is 3.54. The van der Waals surface area contributed by atoms with Crippen LogP contribution in [0.1, 0.15) is 41.6 Å². The molecule has 0 aliphatic carbocycles. The number of piperidine rings is 1. The topological polar surface area (TPSA) is 70.0 Å². The molecule has 2 saturated heterocycles.